The van der Waals surface area contributed by atoms with Gasteiger partial charge in [0, 0.05) is 38.1 Å². The van der Waals surface area contributed by atoms with Crippen LogP contribution < -0.4 is 5.32 Å². The standard InChI is InChI=1S/C13H24N2O/c1-4-15-8-5-6-12(15)10-14-11-13(2,3)7-9-16/h5-6,8,14,16H,4,7,9-11H2,1-3H3. The molecule has 3 heteroatoms. The molecule has 0 unspecified atom stereocenters. The van der Waals surface area contributed by atoms with Crippen molar-refractivity contribution in [2.45, 2.75) is 40.3 Å². The molecule has 0 atom stereocenters. The number of nitrogens with one attached hydrogen (secondary N) is 1. The van der Waals surface area contributed by atoms with Gasteiger partial charge < -0.3 is 15.0 Å². The number of aliphatic hydroxyl groups excluding tert-OH is 1. The molecule has 1 aromatic rings. The molecular formula is C13H24N2O. The number of aromatic nitrogens is 1. The molecule has 0 aliphatic heterocycles. The van der Waals surface area contributed by atoms with E-state index in [1.165, 1.54) is 5.69 Å². The average molecular weight is 224 g/mol. The maximum Gasteiger partial charge on any atom is 0.0436 e. The maximum absolute atomic E-state index is 8.94. The first-order valence-corrected chi connectivity index (χ1v) is 6.04. The molecule has 0 saturated carbocycles. The van der Waals surface area contributed by atoms with Gasteiger partial charge >= 0.3 is 0 Å². The monoisotopic (exact) mass is 224 g/mol. The van der Waals surface area contributed by atoms with Crippen molar-refractivity contribution in [2.75, 3.05) is 13.2 Å². The number of aryl methyl sites for hydroxylation is 1. The minimum absolute atomic E-state index is 0.165. The van der Waals surface area contributed by atoms with Gasteiger partial charge in [0.25, 0.3) is 0 Å². The lowest BCUT2D eigenvalue weighted by Crippen LogP contribution is -2.30. The Hall–Kier alpha value is -0.800. The highest BCUT2D eigenvalue weighted by atomic mass is 16.3. The van der Waals surface area contributed by atoms with Gasteiger partial charge in [-0.05, 0) is 30.9 Å². The van der Waals surface area contributed by atoms with E-state index in [0.717, 1.165) is 26.1 Å². The zero-order valence-corrected chi connectivity index (χ0v) is 10.7. The van der Waals surface area contributed by atoms with Crippen LogP contribution in [0.1, 0.15) is 32.9 Å². The minimum Gasteiger partial charge on any atom is -0.396 e. The fourth-order valence-electron chi connectivity index (χ4n) is 1.84. The first-order valence-electron chi connectivity index (χ1n) is 6.04. The summed E-state index contributed by atoms with van der Waals surface area (Å²) in [4.78, 5) is 0. The van der Waals surface area contributed by atoms with Crippen molar-refractivity contribution < 1.29 is 5.11 Å². The Kier molecular flexibility index (Phi) is 5.03. The quantitative estimate of drug-likeness (QED) is 0.743. The van der Waals surface area contributed by atoms with E-state index in [9.17, 15) is 0 Å². The van der Waals surface area contributed by atoms with E-state index in [2.05, 4.69) is 49.0 Å². The average Bonchev–Trinajstić information content (AvgIpc) is 2.64. The Balaban J connectivity index is 2.35. The fourth-order valence-corrected chi connectivity index (χ4v) is 1.84. The lowest BCUT2D eigenvalue weighted by Gasteiger charge is -2.24. The summed E-state index contributed by atoms with van der Waals surface area (Å²) >= 11 is 0. The van der Waals surface area contributed by atoms with E-state index < -0.39 is 0 Å². The molecule has 0 radical (unpaired) electrons. The van der Waals surface area contributed by atoms with Crippen LogP contribution in [-0.2, 0) is 13.1 Å². The summed E-state index contributed by atoms with van der Waals surface area (Å²) in [7, 11) is 0. The van der Waals surface area contributed by atoms with Crippen molar-refractivity contribution in [3.8, 4) is 0 Å². The Labute approximate surface area is 98.5 Å². The summed E-state index contributed by atoms with van der Waals surface area (Å²) in [5.41, 5.74) is 1.49. The van der Waals surface area contributed by atoms with E-state index in [1.807, 2.05) is 0 Å². The molecule has 2 N–H and O–H groups in total. The predicted molar refractivity (Wildman–Crippen MR) is 67.3 cm³/mol. The van der Waals surface area contributed by atoms with Gasteiger partial charge in [-0.15, -0.1) is 0 Å². The highest BCUT2D eigenvalue weighted by Crippen LogP contribution is 2.18. The molecule has 0 spiro atoms. The van der Waals surface area contributed by atoms with E-state index in [1.54, 1.807) is 0 Å². The lowest BCUT2D eigenvalue weighted by molar-refractivity contribution is 0.206. The van der Waals surface area contributed by atoms with Gasteiger partial charge in [-0.3, -0.25) is 0 Å². The van der Waals surface area contributed by atoms with Crippen molar-refractivity contribution in [3.63, 3.8) is 0 Å². The van der Waals surface area contributed by atoms with E-state index >= 15 is 0 Å². The van der Waals surface area contributed by atoms with Gasteiger partial charge in [0.15, 0.2) is 0 Å². The van der Waals surface area contributed by atoms with Crippen LogP contribution in [0.5, 0.6) is 0 Å². The molecular weight excluding hydrogens is 200 g/mol. The topological polar surface area (TPSA) is 37.2 Å². The molecule has 1 aromatic heterocycles. The highest BCUT2D eigenvalue weighted by molar-refractivity contribution is 5.06. The van der Waals surface area contributed by atoms with E-state index in [-0.39, 0.29) is 12.0 Å². The molecule has 0 fully saturated rings. The van der Waals surface area contributed by atoms with Crippen molar-refractivity contribution in [1.29, 1.82) is 0 Å². The Bertz CT molecular complexity index is 305. The second-order valence-corrected chi connectivity index (χ2v) is 5.03. The number of rotatable bonds is 7. The van der Waals surface area contributed by atoms with E-state index in [0.29, 0.717) is 0 Å². The SMILES string of the molecule is CCn1cccc1CNCC(C)(C)CCO. The molecule has 16 heavy (non-hydrogen) atoms. The minimum atomic E-state index is 0.165. The highest BCUT2D eigenvalue weighted by Gasteiger charge is 2.16. The summed E-state index contributed by atoms with van der Waals surface area (Å²) in [6.07, 6.45) is 2.95. The summed E-state index contributed by atoms with van der Waals surface area (Å²) < 4.78 is 2.24. The van der Waals surface area contributed by atoms with Crippen molar-refractivity contribution >= 4 is 0 Å². The van der Waals surface area contributed by atoms with Crippen LogP contribution in [0.15, 0.2) is 18.3 Å². The number of nitrogens with zero attached hydrogens (tertiary/aromatic N) is 1. The third kappa shape index (κ3) is 3.99. The molecule has 0 amide bonds. The predicted octanol–water partition coefficient (Wildman–Crippen LogP) is 2.01. The molecule has 0 aliphatic carbocycles. The van der Waals surface area contributed by atoms with Crippen LogP contribution >= 0.6 is 0 Å². The Morgan fingerprint density at radius 2 is 2.19 bits per heavy atom. The Morgan fingerprint density at radius 1 is 1.44 bits per heavy atom. The summed E-state index contributed by atoms with van der Waals surface area (Å²) in [6.45, 7) is 9.62. The zero-order chi connectivity index (χ0) is 12.0. The summed E-state index contributed by atoms with van der Waals surface area (Å²) in [6, 6.07) is 4.23. The summed E-state index contributed by atoms with van der Waals surface area (Å²) in [5.74, 6) is 0. The van der Waals surface area contributed by atoms with Gasteiger partial charge in [-0.1, -0.05) is 13.8 Å². The van der Waals surface area contributed by atoms with Gasteiger partial charge in [0.2, 0.25) is 0 Å². The molecule has 0 saturated heterocycles. The normalized spacial score (nSPS) is 12.0. The number of hydrogen-bond acceptors (Lipinski definition) is 2. The second kappa shape index (κ2) is 6.06. The molecule has 0 bridgehead atoms. The molecule has 3 nitrogen and oxygen atoms in total. The smallest absolute Gasteiger partial charge is 0.0436 e. The molecule has 0 aliphatic rings. The Morgan fingerprint density at radius 3 is 2.81 bits per heavy atom. The molecule has 92 valence electrons. The van der Waals surface area contributed by atoms with Gasteiger partial charge in [-0.25, -0.2) is 0 Å². The van der Waals surface area contributed by atoms with Gasteiger partial charge in [0.1, 0.15) is 0 Å². The second-order valence-electron chi connectivity index (χ2n) is 5.03. The molecule has 1 heterocycles. The molecule has 1 rings (SSSR count). The van der Waals surface area contributed by atoms with Crippen LogP contribution in [-0.4, -0.2) is 22.8 Å². The fraction of sp³-hybridized carbons (Fsp3) is 0.692. The van der Waals surface area contributed by atoms with Gasteiger partial charge in [0.05, 0.1) is 0 Å². The summed E-state index contributed by atoms with van der Waals surface area (Å²) in [5, 5.41) is 12.4. The number of aliphatic hydroxyl groups is 1. The van der Waals surface area contributed by atoms with Crippen LogP contribution in [0.3, 0.4) is 0 Å². The number of hydrogen-bond donors (Lipinski definition) is 2. The van der Waals surface area contributed by atoms with Crippen LogP contribution in [0.25, 0.3) is 0 Å². The van der Waals surface area contributed by atoms with Crippen LogP contribution in [0.2, 0.25) is 0 Å². The lowest BCUT2D eigenvalue weighted by atomic mass is 9.90. The van der Waals surface area contributed by atoms with Gasteiger partial charge in [-0.2, -0.15) is 0 Å². The van der Waals surface area contributed by atoms with Crippen molar-refractivity contribution in [3.05, 3.63) is 24.0 Å². The largest absolute Gasteiger partial charge is 0.396 e. The third-order valence-corrected chi connectivity index (χ3v) is 2.96. The van der Waals surface area contributed by atoms with Crippen molar-refractivity contribution in [1.82, 2.24) is 9.88 Å². The van der Waals surface area contributed by atoms with Crippen LogP contribution in [0, 0.1) is 5.41 Å². The van der Waals surface area contributed by atoms with Crippen molar-refractivity contribution in [2.24, 2.45) is 5.41 Å². The van der Waals surface area contributed by atoms with E-state index in [4.69, 9.17) is 5.11 Å². The van der Waals surface area contributed by atoms with Crippen LogP contribution in [0.4, 0.5) is 0 Å². The third-order valence-electron chi connectivity index (χ3n) is 2.96. The first-order chi connectivity index (χ1) is 7.59. The first kappa shape index (κ1) is 13.3. The molecule has 0 aromatic carbocycles. The zero-order valence-electron chi connectivity index (χ0n) is 10.7. The maximum atomic E-state index is 8.94.